The molecule has 4 rings (SSSR count). The zero-order valence-corrected chi connectivity index (χ0v) is 18.7. The number of nitrogens with two attached hydrogens (primary N) is 1. The molecular weight excluding hydrogens is 424 g/mol. The van der Waals surface area contributed by atoms with E-state index in [1.807, 2.05) is 41.3 Å². The van der Waals surface area contributed by atoms with Gasteiger partial charge in [-0.05, 0) is 47.4 Å². The quantitative estimate of drug-likeness (QED) is 0.571. The molecule has 1 aliphatic rings. The van der Waals surface area contributed by atoms with Crippen molar-refractivity contribution < 1.29 is 14.3 Å². The molecule has 1 atom stereocenters. The minimum absolute atomic E-state index is 0.0524. The lowest BCUT2D eigenvalue weighted by Crippen LogP contribution is -2.50. The second-order valence-corrected chi connectivity index (χ2v) is 9.10. The van der Waals surface area contributed by atoms with Crippen LogP contribution in [-0.4, -0.2) is 36.4 Å². The number of carbonyl (C=O) groups is 2. The highest BCUT2D eigenvalue weighted by Gasteiger charge is 2.39. The van der Waals surface area contributed by atoms with Crippen molar-refractivity contribution in [3.05, 3.63) is 77.3 Å². The van der Waals surface area contributed by atoms with Gasteiger partial charge in [0.25, 0.3) is 0 Å². The Morgan fingerprint density at radius 3 is 2.62 bits per heavy atom. The molecule has 0 aliphatic carbocycles. The number of hydrogen-bond acceptors (Lipinski definition) is 3. The van der Waals surface area contributed by atoms with Crippen molar-refractivity contribution in [2.24, 2.45) is 11.1 Å². The third-order valence-corrected chi connectivity index (χ3v) is 6.31. The number of primary amides is 1. The van der Waals surface area contributed by atoms with Crippen LogP contribution < -0.4 is 10.5 Å². The first-order valence-corrected chi connectivity index (χ1v) is 11.2. The van der Waals surface area contributed by atoms with E-state index in [1.165, 1.54) is 0 Å². The minimum atomic E-state index is -0.508. The third kappa shape index (κ3) is 5.40. The van der Waals surface area contributed by atoms with Gasteiger partial charge in [0.1, 0.15) is 5.75 Å². The molecule has 32 heavy (non-hydrogen) atoms. The standard InChI is InChI=1S/C26H27ClN2O3/c27-22-7-3-8-23(15-22)32-18-26(16-24(28)30)11-4-12-29(17-26)25(31)14-19-9-10-20-5-1-2-6-21(20)13-19/h1-3,5-10,13,15H,4,11-12,14,16-18H2,(H2,28,30)/t26-/m1/s1. The largest absolute Gasteiger partial charge is 0.493 e. The smallest absolute Gasteiger partial charge is 0.227 e. The van der Waals surface area contributed by atoms with Crippen LogP contribution in [-0.2, 0) is 16.0 Å². The lowest BCUT2D eigenvalue weighted by Gasteiger charge is -2.42. The summed E-state index contributed by atoms with van der Waals surface area (Å²) >= 11 is 6.06. The first-order chi connectivity index (χ1) is 15.4. The number of ether oxygens (including phenoxy) is 1. The Balaban J connectivity index is 1.47. The molecule has 166 valence electrons. The molecule has 0 saturated carbocycles. The van der Waals surface area contributed by atoms with Crippen LogP contribution >= 0.6 is 11.6 Å². The molecule has 5 nitrogen and oxygen atoms in total. The molecule has 1 saturated heterocycles. The summed E-state index contributed by atoms with van der Waals surface area (Å²) in [4.78, 5) is 26.9. The van der Waals surface area contributed by atoms with Crippen molar-refractivity contribution in [1.82, 2.24) is 4.90 Å². The van der Waals surface area contributed by atoms with E-state index in [4.69, 9.17) is 22.1 Å². The van der Waals surface area contributed by atoms with Crippen LogP contribution in [0.25, 0.3) is 10.8 Å². The molecular formula is C26H27ClN2O3. The molecule has 0 unspecified atom stereocenters. The average Bonchev–Trinajstić information content (AvgIpc) is 2.77. The predicted molar refractivity (Wildman–Crippen MR) is 127 cm³/mol. The number of nitrogens with zero attached hydrogens (tertiary/aromatic N) is 1. The van der Waals surface area contributed by atoms with E-state index in [9.17, 15) is 9.59 Å². The Morgan fingerprint density at radius 1 is 1.03 bits per heavy atom. The molecule has 0 radical (unpaired) electrons. The molecule has 2 N–H and O–H groups in total. The fourth-order valence-electron chi connectivity index (χ4n) is 4.53. The fraction of sp³-hybridized carbons (Fsp3) is 0.308. The second-order valence-electron chi connectivity index (χ2n) is 8.67. The molecule has 6 heteroatoms. The van der Waals surface area contributed by atoms with E-state index in [0.717, 1.165) is 29.2 Å². The highest BCUT2D eigenvalue weighted by Crippen LogP contribution is 2.35. The maximum Gasteiger partial charge on any atom is 0.227 e. The molecule has 0 bridgehead atoms. The van der Waals surface area contributed by atoms with Crippen molar-refractivity contribution in [3.8, 4) is 5.75 Å². The summed E-state index contributed by atoms with van der Waals surface area (Å²) in [7, 11) is 0. The Kier molecular flexibility index (Phi) is 6.66. The molecule has 1 fully saturated rings. The SMILES string of the molecule is NC(=O)C[C@]1(COc2cccc(Cl)c2)CCCN(C(=O)Cc2ccc3ccccc3c2)C1. The maximum atomic E-state index is 13.1. The molecule has 1 aliphatic heterocycles. The van der Waals surface area contributed by atoms with Gasteiger partial charge in [-0.25, -0.2) is 0 Å². The van der Waals surface area contributed by atoms with Crippen LogP contribution in [0, 0.1) is 5.41 Å². The highest BCUT2D eigenvalue weighted by atomic mass is 35.5. The van der Waals surface area contributed by atoms with Gasteiger partial charge in [-0.1, -0.05) is 60.1 Å². The van der Waals surface area contributed by atoms with Crippen LogP contribution in [0.15, 0.2) is 66.7 Å². The van der Waals surface area contributed by atoms with Crippen molar-refractivity contribution in [3.63, 3.8) is 0 Å². The van der Waals surface area contributed by atoms with Gasteiger partial charge < -0.3 is 15.4 Å². The summed E-state index contributed by atoms with van der Waals surface area (Å²) in [5.41, 5.74) is 6.05. The number of rotatable bonds is 7. The van der Waals surface area contributed by atoms with E-state index in [2.05, 4.69) is 18.2 Å². The van der Waals surface area contributed by atoms with Gasteiger partial charge in [-0.2, -0.15) is 0 Å². The van der Waals surface area contributed by atoms with E-state index in [-0.39, 0.29) is 18.2 Å². The van der Waals surface area contributed by atoms with Gasteiger partial charge >= 0.3 is 0 Å². The van der Waals surface area contributed by atoms with Crippen molar-refractivity contribution in [2.45, 2.75) is 25.7 Å². The Bertz CT molecular complexity index is 1130. The Hall–Kier alpha value is -3.05. The van der Waals surface area contributed by atoms with Crippen molar-refractivity contribution in [2.75, 3.05) is 19.7 Å². The summed E-state index contributed by atoms with van der Waals surface area (Å²) in [5.74, 6) is 0.307. The summed E-state index contributed by atoms with van der Waals surface area (Å²) in [6.45, 7) is 1.42. The number of piperidine rings is 1. The molecule has 0 spiro atoms. The zero-order valence-electron chi connectivity index (χ0n) is 17.9. The van der Waals surface area contributed by atoms with Crippen LogP contribution in [0.3, 0.4) is 0 Å². The van der Waals surface area contributed by atoms with Crippen LogP contribution in [0.2, 0.25) is 5.02 Å². The summed E-state index contributed by atoms with van der Waals surface area (Å²) in [5, 5.41) is 2.86. The van der Waals surface area contributed by atoms with Crippen LogP contribution in [0.4, 0.5) is 0 Å². The lowest BCUT2D eigenvalue weighted by atomic mass is 9.77. The number of fused-ring (bicyclic) bond motifs is 1. The number of likely N-dealkylation sites (tertiary alicyclic amines) is 1. The van der Waals surface area contributed by atoms with E-state index in [1.54, 1.807) is 12.1 Å². The van der Waals surface area contributed by atoms with E-state index >= 15 is 0 Å². The van der Waals surface area contributed by atoms with Crippen LogP contribution in [0.5, 0.6) is 5.75 Å². The first kappa shape index (κ1) is 22.2. The Labute approximate surface area is 193 Å². The summed E-state index contributed by atoms with van der Waals surface area (Å²) in [6, 6.07) is 21.4. The molecule has 0 aromatic heterocycles. The van der Waals surface area contributed by atoms with E-state index < -0.39 is 5.41 Å². The number of hydrogen-bond donors (Lipinski definition) is 1. The highest BCUT2D eigenvalue weighted by molar-refractivity contribution is 6.30. The number of carbonyl (C=O) groups excluding carboxylic acids is 2. The predicted octanol–water partition coefficient (Wildman–Crippen LogP) is 4.60. The summed E-state index contributed by atoms with van der Waals surface area (Å²) in [6.07, 6.45) is 2.08. The van der Waals surface area contributed by atoms with Crippen molar-refractivity contribution >= 4 is 34.2 Å². The molecule has 3 aromatic carbocycles. The van der Waals surface area contributed by atoms with Gasteiger partial charge in [0.15, 0.2) is 0 Å². The fourth-order valence-corrected chi connectivity index (χ4v) is 4.71. The van der Waals surface area contributed by atoms with Crippen molar-refractivity contribution in [1.29, 1.82) is 0 Å². The summed E-state index contributed by atoms with van der Waals surface area (Å²) < 4.78 is 5.99. The molecule has 3 aromatic rings. The van der Waals surface area contributed by atoms with Gasteiger partial charge in [0.2, 0.25) is 11.8 Å². The number of amides is 2. The van der Waals surface area contributed by atoms with E-state index in [0.29, 0.717) is 36.9 Å². The normalized spacial score (nSPS) is 18.5. The molecule has 1 heterocycles. The lowest BCUT2D eigenvalue weighted by molar-refractivity contribution is -0.136. The number of benzene rings is 3. The number of halogens is 1. The average molecular weight is 451 g/mol. The maximum absolute atomic E-state index is 13.1. The molecule has 2 amide bonds. The Morgan fingerprint density at radius 2 is 1.84 bits per heavy atom. The topological polar surface area (TPSA) is 72.6 Å². The van der Waals surface area contributed by atoms with Crippen LogP contribution in [0.1, 0.15) is 24.8 Å². The van der Waals surface area contributed by atoms with Gasteiger partial charge in [-0.3, -0.25) is 9.59 Å². The zero-order chi connectivity index (χ0) is 22.6. The van der Waals surface area contributed by atoms with Gasteiger partial charge in [0, 0.05) is 29.9 Å². The van der Waals surface area contributed by atoms with Gasteiger partial charge in [-0.15, -0.1) is 0 Å². The second kappa shape index (κ2) is 9.61. The first-order valence-electron chi connectivity index (χ1n) is 10.8. The minimum Gasteiger partial charge on any atom is -0.493 e. The monoisotopic (exact) mass is 450 g/mol. The third-order valence-electron chi connectivity index (χ3n) is 6.07. The van der Waals surface area contributed by atoms with Gasteiger partial charge in [0.05, 0.1) is 13.0 Å².